The number of hydrogen-bond acceptors (Lipinski definition) is 5. The second-order valence-corrected chi connectivity index (χ2v) is 4.59. The molecule has 3 rings (SSSR count). The minimum absolute atomic E-state index is 0.275. The number of imidazole rings is 1. The Morgan fingerprint density at radius 2 is 2.18 bits per heavy atom. The standard InChI is InChI=1S/C11H15N5O/c12-10-9-11(14-5-13-10)16(6-15-9)8-3-7(4-8)1-2-17/h5-8,17H,1-4H2,(H2,12,13,14). The van der Waals surface area contributed by atoms with E-state index in [0.717, 1.165) is 24.9 Å². The highest BCUT2D eigenvalue weighted by molar-refractivity contribution is 5.81. The number of aliphatic hydroxyl groups excluding tert-OH is 1. The normalized spacial score (nSPS) is 23.8. The fraction of sp³-hybridized carbons (Fsp3) is 0.545. The van der Waals surface area contributed by atoms with E-state index in [4.69, 9.17) is 10.8 Å². The van der Waals surface area contributed by atoms with Crippen LogP contribution in [0.4, 0.5) is 5.82 Å². The molecule has 1 aliphatic carbocycles. The lowest BCUT2D eigenvalue weighted by Crippen LogP contribution is -2.27. The van der Waals surface area contributed by atoms with Crippen LogP contribution >= 0.6 is 0 Å². The minimum Gasteiger partial charge on any atom is -0.396 e. The molecule has 6 nitrogen and oxygen atoms in total. The van der Waals surface area contributed by atoms with Gasteiger partial charge in [-0.1, -0.05) is 0 Å². The van der Waals surface area contributed by atoms with Crippen LogP contribution in [0.25, 0.3) is 11.2 Å². The van der Waals surface area contributed by atoms with Crippen molar-refractivity contribution in [2.75, 3.05) is 12.3 Å². The van der Waals surface area contributed by atoms with Crippen LogP contribution in [-0.4, -0.2) is 31.2 Å². The van der Waals surface area contributed by atoms with Crippen LogP contribution in [0.5, 0.6) is 0 Å². The molecule has 0 aliphatic heterocycles. The lowest BCUT2D eigenvalue weighted by atomic mass is 9.78. The molecular formula is C11H15N5O. The van der Waals surface area contributed by atoms with Crippen LogP contribution in [0.3, 0.4) is 0 Å². The summed E-state index contributed by atoms with van der Waals surface area (Å²) in [4.78, 5) is 12.4. The first kappa shape index (κ1) is 10.5. The van der Waals surface area contributed by atoms with Gasteiger partial charge in [0.1, 0.15) is 11.8 Å². The number of rotatable bonds is 3. The van der Waals surface area contributed by atoms with Crippen molar-refractivity contribution < 1.29 is 5.11 Å². The zero-order valence-electron chi connectivity index (χ0n) is 9.45. The van der Waals surface area contributed by atoms with Gasteiger partial charge in [0.2, 0.25) is 0 Å². The lowest BCUT2D eigenvalue weighted by molar-refractivity contribution is 0.152. The number of anilines is 1. The summed E-state index contributed by atoms with van der Waals surface area (Å²) < 4.78 is 2.07. The Hall–Kier alpha value is -1.69. The van der Waals surface area contributed by atoms with Crippen LogP contribution in [-0.2, 0) is 0 Å². The molecule has 0 atom stereocenters. The molecule has 2 aromatic heterocycles. The van der Waals surface area contributed by atoms with E-state index in [-0.39, 0.29) is 6.61 Å². The largest absolute Gasteiger partial charge is 0.396 e. The van der Waals surface area contributed by atoms with E-state index >= 15 is 0 Å². The van der Waals surface area contributed by atoms with Gasteiger partial charge in [-0.25, -0.2) is 15.0 Å². The molecule has 3 N–H and O–H groups in total. The smallest absolute Gasteiger partial charge is 0.165 e. The van der Waals surface area contributed by atoms with Crippen molar-refractivity contribution in [1.82, 2.24) is 19.5 Å². The molecule has 2 heterocycles. The van der Waals surface area contributed by atoms with Gasteiger partial charge in [-0.3, -0.25) is 0 Å². The molecule has 1 aliphatic rings. The van der Waals surface area contributed by atoms with E-state index in [1.165, 1.54) is 6.33 Å². The molecule has 0 unspecified atom stereocenters. The second-order valence-electron chi connectivity index (χ2n) is 4.59. The molecule has 6 heteroatoms. The Labute approximate surface area is 98.5 Å². The summed E-state index contributed by atoms with van der Waals surface area (Å²) in [6, 6.07) is 0.436. The highest BCUT2D eigenvalue weighted by Crippen LogP contribution is 2.40. The van der Waals surface area contributed by atoms with Gasteiger partial charge < -0.3 is 15.4 Å². The predicted molar refractivity (Wildman–Crippen MR) is 63.2 cm³/mol. The highest BCUT2D eigenvalue weighted by Gasteiger charge is 2.31. The van der Waals surface area contributed by atoms with E-state index in [2.05, 4.69) is 19.5 Å². The lowest BCUT2D eigenvalue weighted by Gasteiger charge is -2.35. The summed E-state index contributed by atoms with van der Waals surface area (Å²) in [6.07, 6.45) is 6.31. The number of aliphatic hydroxyl groups is 1. The summed E-state index contributed by atoms with van der Waals surface area (Å²) in [7, 11) is 0. The first-order valence-corrected chi connectivity index (χ1v) is 5.83. The van der Waals surface area contributed by atoms with Crippen LogP contribution in [0.1, 0.15) is 25.3 Å². The predicted octanol–water partition coefficient (Wildman–Crippen LogP) is 0.742. The van der Waals surface area contributed by atoms with Crippen molar-refractivity contribution in [1.29, 1.82) is 0 Å². The van der Waals surface area contributed by atoms with Crippen LogP contribution in [0.2, 0.25) is 0 Å². The maximum Gasteiger partial charge on any atom is 0.165 e. The van der Waals surface area contributed by atoms with Crippen LogP contribution in [0, 0.1) is 5.92 Å². The molecule has 1 saturated carbocycles. The maximum atomic E-state index is 8.87. The third-order valence-electron chi connectivity index (χ3n) is 3.53. The van der Waals surface area contributed by atoms with Crippen molar-refractivity contribution >= 4 is 17.0 Å². The van der Waals surface area contributed by atoms with Gasteiger partial charge in [-0.05, 0) is 25.2 Å². The Balaban J connectivity index is 1.85. The zero-order chi connectivity index (χ0) is 11.8. The van der Waals surface area contributed by atoms with Gasteiger partial charge in [0, 0.05) is 12.6 Å². The number of hydrogen-bond donors (Lipinski definition) is 2. The molecule has 0 aromatic carbocycles. The second kappa shape index (κ2) is 3.96. The summed E-state index contributed by atoms with van der Waals surface area (Å²) in [5.74, 6) is 1.06. The first-order chi connectivity index (χ1) is 8.29. The molecule has 0 saturated heterocycles. The van der Waals surface area contributed by atoms with E-state index in [1.807, 2.05) is 0 Å². The molecule has 2 aromatic rings. The van der Waals surface area contributed by atoms with Gasteiger partial charge >= 0.3 is 0 Å². The van der Waals surface area contributed by atoms with E-state index < -0.39 is 0 Å². The van der Waals surface area contributed by atoms with Gasteiger partial charge in [0.05, 0.1) is 6.33 Å². The Morgan fingerprint density at radius 1 is 1.35 bits per heavy atom. The first-order valence-electron chi connectivity index (χ1n) is 5.83. The SMILES string of the molecule is Nc1ncnc2c1ncn2C1CC(CCO)C1. The fourth-order valence-electron chi connectivity index (χ4n) is 2.48. The number of nitrogen functional groups attached to an aromatic ring is 1. The van der Waals surface area contributed by atoms with Crippen molar-refractivity contribution in [3.63, 3.8) is 0 Å². The molecule has 17 heavy (non-hydrogen) atoms. The maximum absolute atomic E-state index is 8.87. The summed E-state index contributed by atoms with van der Waals surface area (Å²) in [6.45, 7) is 0.275. The minimum atomic E-state index is 0.275. The summed E-state index contributed by atoms with van der Waals surface area (Å²) in [5.41, 5.74) is 7.23. The number of aromatic nitrogens is 4. The number of nitrogens with zero attached hydrogens (tertiary/aromatic N) is 4. The van der Waals surface area contributed by atoms with Gasteiger partial charge in [0.25, 0.3) is 0 Å². The summed E-state index contributed by atoms with van der Waals surface area (Å²) in [5, 5.41) is 8.87. The molecule has 0 amide bonds. The van der Waals surface area contributed by atoms with E-state index in [0.29, 0.717) is 23.3 Å². The van der Waals surface area contributed by atoms with Crippen molar-refractivity contribution in [3.05, 3.63) is 12.7 Å². The average Bonchev–Trinajstić information content (AvgIpc) is 2.68. The quantitative estimate of drug-likeness (QED) is 0.816. The molecule has 0 spiro atoms. The Kier molecular flexibility index (Phi) is 2.44. The summed E-state index contributed by atoms with van der Waals surface area (Å²) >= 11 is 0. The highest BCUT2D eigenvalue weighted by atomic mass is 16.3. The van der Waals surface area contributed by atoms with Crippen molar-refractivity contribution in [2.45, 2.75) is 25.3 Å². The van der Waals surface area contributed by atoms with E-state index in [1.54, 1.807) is 6.33 Å². The monoisotopic (exact) mass is 233 g/mol. The van der Waals surface area contributed by atoms with Gasteiger partial charge in [-0.2, -0.15) is 0 Å². The van der Waals surface area contributed by atoms with Crippen molar-refractivity contribution in [2.24, 2.45) is 5.92 Å². The number of fused-ring (bicyclic) bond motifs is 1. The van der Waals surface area contributed by atoms with Gasteiger partial charge in [0.15, 0.2) is 11.5 Å². The molecule has 0 radical (unpaired) electrons. The number of nitrogens with two attached hydrogens (primary N) is 1. The van der Waals surface area contributed by atoms with Gasteiger partial charge in [-0.15, -0.1) is 0 Å². The molecule has 0 bridgehead atoms. The third kappa shape index (κ3) is 1.64. The van der Waals surface area contributed by atoms with Crippen molar-refractivity contribution in [3.8, 4) is 0 Å². The topological polar surface area (TPSA) is 89.9 Å². The zero-order valence-corrected chi connectivity index (χ0v) is 9.45. The molecular weight excluding hydrogens is 218 g/mol. The van der Waals surface area contributed by atoms with E-state index in [9.17, 15) is 0 Å². The van der Waals surface area contributed by atoms with Crippen LogP contribution < -0.4 is 5.73 Å². The fourth-order valence-corrected chi connectivity index (χ4v) is 2.48. The molecule has 90 valence electrons. The van der Waals surface area contributed by atoms with Crippen LogP contribution in [0.15, 0.2) is 12.7 Å². The average molecular weight is 233 g/mol. The Morgan fingerprint density at radius 3 is 2.94 bits per heavy atom. The third-order valence-corrected chi connectivity index (χ3v) is 3.53. The molecule has 1 fully saturated rings. The Bertz CT molecular complexity index is 532.